The Morgan fingerprint density at radius 2 is 1.74 bits per heavy atom. The van der Waals surface area contributed by atoms with Crippen molar-refractivity contribution in [3.63, 3.8) is 0 Å². The van der Waals surface area contributed by atoms with Crippen LogP contribution in [-0.2, 0) is 0 Å². The number of hydrogen-bond acceptors (Lipinski definition) is 3. The summed E-state index contributed by atoms with van der Waals surface area (Å²) in [5.74, 6) is 0. The molecule has 4 nitrogen and oxygen atoms in total. The molecule has 0 atom stereocenters. The van der Waals surface area contributed by atoms with E-state index in [0.29, 0.717) is 10.8 Å². The molecule has 0 saturated carbocycles. The standard InChI is InChI=1S/C14H11N3OS/c15-13(18)17(10-6-2-1-3-7-10)14-16-11-8-4-5-9-12(11)19-14/h1-9H,(H2,15,18). The van der Waals surface area contributed by atoms with E-state index in [2.05, 4.69) is 4.98 Å². The van der Waals surface area contributed by atoms with E-state index >= 15 is 0 Å². The second-order valence-corrected chi connectivity index (χ2v) is 4.98. The monoisotopic (exact) mass is 269 g/mol. The second kappa shape index (κ2) is 4.70. The van der Waals surface area contributed by atoms with Crippen LogP contribution in [0.1, 0.15) is 0 Å². The molecule has 2 aromatic carbocycles. The van der Waals surface area contributed by atoms with Gasteiger partial charge in [-0.15, -0.1) is 0 Å². The number of urea groups is 1. The molecule has 0 unspecified atom stereocenters. The van der Waals surface area contributed by atoms with Gasteiger partial charge in [-0.1, -0.05) is 41.7 Å². The largest absolute Gasteiger partial charge is 0.351 e. The number of aromatic nitrogens is 1. The third-order valence-electron chi connectivity index (χ3n) is 2.71. The molecule has 94 valence electrons. The van der Waals surface area contributed by atoms with Crippen molar-refractivity contribution in [3.8, 4) is 0 Å². The van der Waals surface area contributed by atoms with Gasteiger partial charge in [0.25, 0.3) is 0 Å². The predicted octanol–water partition coefficient (Wildman–Crippen LogP) is 3.51. The molecule has 2 amide bonds. The average molecular weight is 269 g/mol. The first kappa shape index (κ1) is 11.7. The predicted molar refractivity (Wildman–Crippen MR) is 77.8 cm³/mol. The fraction of sp³-hybridized carbons (Fsp3) is 0. The molecule has 1 aromatic heterocycles. The number of hydrogen-bond donors (Lipinski definition) is 1. The van der Waals surface area contributed by atoms with E-state index in [4.69, 9.17) is 5.73 Å². The maximum atomic E-state index is 11.7. The van der Waals surface area contributed by atoms with Gasteiger partial charge in [0.05, 0.1) is 15.9 Å². The lowest BCUT2D eigenvalue weighted by atomic mass is 10.3. The quantitative estimate of drug-likeness (QED) is 0.773. The number of rotatable bonds is 2. The van der Waals surface area contributed by atoms with Crippen LogP contribution in [0.3, 0.4) is 0 Å². The number of carbonyl (C=O) groups is 1. The summed E-state index contributed by atoms with van der Waals surface area (Å²) >= 11 is 1.44. The Hall–Kier alpha value is -2.40. The van der Waals surface area contributed by atoms with Crippen molar-refractivity contribution < 1.29 is 4.79 Å². The highest BCUT2D eigenvalue weighted by Crippen LogP contribution is 2.32. The third-order valence-corrected chi connectivity index (χ3v) is 3.73. The topological polar surface area (TPSA) is 59.2 Å². The summed E-state index contributed by atoms with van der Waals surface area (Å²) < 4.78 is 1.03. The van der Waals surface area contributed by atoms with E-state index in [0.717, 1.165) is 10.2 Å². The summed E-state index contributed by atoms with van der Waals surface area (Å²) in [6, 6.07) is 16.5. The fourth-order valence-electron chi connectivity index (χ4n) is 1.86. The molecule has 3 aromatic rings. The Balaban J connectivity index is 2.12. The van der Waals surface area contributed by atoms with E-state index in [9.17, 15) is 4.79 Å². The molecule has 0 aliphatic rings. The van der Waals surface area contributed by atoms with Crippen LogP contribution in [0.4, 0.5) is 15.6 Å². The molecule has 0 aliphatic heterocycles. The van der Waals surface area contributed by atoms with Gasteiger partial charge in [0, 0.05) is 0 Å². The Kier molecular flexibility index (Phi) is 2.89. The third kappa shape index (κ3) is 2.15. The minimum absolute atomic E-state index is 0.537. The van der Waals surface area contributed by atoms with Gasteiger partial charge in [0.1, 0.15) is 0 Å². The molecule has 0 saturated heterocycles. The van der Waals surface area contributed by atoms with Crippen molar-refractivity contribution in [2.24, 2.45) is 5.73 Å². The maximum absolute atomic E-state index is 11.7. The zero-order chi connectivity index (χ0) is 13.2. The SMILES string of the molecule is NC(=O)N(c1ccccc1)c1nc2ccccc2s1. The van der Waals surface area contributed by atoms with Crippen molar-refractivity contribution in [3.05, 3.63) is 54.6 Å². The first-order valence-corrected chi connectivity index (χ1v) is 6.57. The van der Waals surface area contributed by atoms with Gasteiger partial charge in [0.15, 0.2) is 5.13 Å². The molecule has 19 heavy (non-hydrogen) atoms. The minimum atomic E-state index is -0.537. The molecule has 3 rings (SSSR count). The Morgan fingerprint density at radius 1 is 1.05 bits per heavy atom. The molecule has 5 heteroatoms. The van der Waals surface area contributed by atoms with E-state index < -0.39 is 6.03 Å². The maximum Gasteiger partial charge on any atom is 0.325 e. The Labute approximate surface area is 114 Å². The van der Waals surface area contributed by atoms with Crippen LogP contribution in [0.15, 0.2) is 54.6 Å². The normalized spacial score (nSPS) is 10.5. The highest BCUT2D eigenvalue weighted by Gasteiger charge is 2.18. The summed E-state index contributed by atoms with van der Waals surface area (Å²) in [6.45, 7) is 0. The average Bonchev–Trinajstić information content (AvgIpc) is 2.82. The van der Waals surface area contributed by atoms with Gasteiger partial charge >= 0.3 is 6.03 Å². The van der Waals surface area contributed by atoms with Crippen LogP contribution in [-0.4, -0.2) is 11.0 Å². The molecule has 0 aliphatic carbocycles. The number of fused-ring (bicyclic) bond motifs is 1. The van der Waals surface area contributed by atoms with Crippen molar-refractivity contribution in [1.29, 1.82) is 0 Å². The number of para-hydroxylation sites is 2. The summed E-state index contributed by atoms with van der Waals surface area (Å²) in [5.41, 5.74) is 7.06. The number of primary amides is 1. The fourth-order valence-corrected chi connectivity index (χ4v) is 2.86. The molecule has 0 fully saturated rings. The van der Waals surface area contributed by atoms with Gasteiger partial charge in [0.2, 0.25) is 0 Å². The van der Waals surface area contributed by atoms with Gasteiger partial charge in [-0.25, -0.2) is 14.7 Å². The molecule has 1 heterocycles. The van der Waals surface area contributed by atoms with Crippen LogP contribution >= 0.6 is 11.3 Å². The van der Waals surface area contributed by atoms with Crippen LogP contribution in [0.25, 0.3) is 10.2 Å². The van der Waals surface area contributed by atoms with Gasteiger partial charge in [-0.2, -0.15) is 0 Å². The number of benzene rings is 2. The molecular formula is C14H11N3OS. The van der Waals surface area contributed by atoms with Crippen LogP contribution in [0.2, 0.25) is 0 Å². The molecule has 2 N–H and O–H groups in total. The van der Waals surface area contributed by atoms with Gasteiger partial charge in [-0.05, 0) is 24.3 Å². The lowest BCUT2D eigenvalue weighted by Crippen LogP contribution is -2.31. The number of carbonyl (C=O) groups excluding carboxylic acids is 1. The summed E-state index contributed by atoms with van der Waals surface area (Å²) in [6.07, 6.45) is 0. The smallest absolute Gasteiger partial charge is 0.325 e. The molecule has 0 radical (unpaired) electrons. The first-order chi connectivity index (χ1) is 9.25. The molecule has 0 spiro atoms. The lowest BCUT2D eigenvalue weighted by molar-refractivity contribution is 0.256. The van der Waals surface area contributed by atoms with Crippen LogP contribution < -0.4 is 10.6 Å². The van der Waals surface area contributed by atoms with Crippen molar-refractivity contribution >= 4 is 38.4 Å². The highest BCUT2D eigenvalue weighted by atomic mass is 32.1. The van der Waals surface area contributed by atoms with Crippen LogP contribution in [0.5, 0.6) is 0 Å². The van der Waals surface area contributed by atoms with E-state index in [1.165, 1.54) is 16.2 Å². The number of anilines is 2. The van der Waals surface area contributed by atoms with Crippen molar-refractivity contribution in [2.45, 2.75) is 0 Å². The zero-order valence-corrected chi connectivity index (χ0v) is 10.8. The number of nitrogens with two attached hydrogens (primary N) is 1. The Bertz CT molecular complexity index is 691. The summed E-state index contributed by atoms with van der Waals surface area (Å²) in [5, 5.41) is 0.583. The highest BCUT2D eigenvalue weighted by molar-refractivity contribution is 7.22. The number of nitrogens with zero attached hydrogens (tertiary/aromatic N) is 2. The summed E-state index contributed by atoms with van der Waals surface area (Å²) in [7, 11) is 0. The number of thiazole rings is 1. The summed E-state index contributed by atoms with van der Waals surface area (Å²) in [4.78, 5) is 17.6. The molecular weight excluding hydrogens is 258 g/mol. The lowest BCUT2D eigenvalue weighted by Gasteiger charge is -2.16. The van der Waals surface area contributed by atoms with Crippen LogP contribution in [0, 0.1) is 0 Å². The Morgan fingerprint density at radius 3 is 2.42 bits per heavy atom. The van der Waals surface area contributed by atoms with E-state index in [1.807, 2.05) is 54.6 Å². The molecule has 0 bridgehead atoms. The van der Waals surface area contributed by atoms with Gasteiger partial charge in [-0.3, -0.25) is 0 Å². The first-order valence-electron chi connectivity index (χ1n) is 5.76. The van der Waals surface area contributed by atoms with Crippen molar-refractivity contribution in [2.75, 3.05) is 4.90 Å². The van der Waals surface area contributed by atoms with Crippen molar-refractivity contribution in [1.82, 2.24) is 4.98 Å². The van der Waals surface area contributed by atoms with E-state index in [-0.39, 0.29) is 0 Å². The van der Waals surface area contributed by atoms with E-state index in [1.54, 1.807) is 0 Å². The second-order valence-electron chi connectivity index (χ2n) is 3.97. The minimum Gasteiger partial charge on any atom is -0.351 e. The zero-order valence-electron chi connectivity index (χ0n) is 9.98. The number of amides is 2. The van der Waals surface area contributed by atoms with Gasteiger partial charge < -0.3 is 5.73 Å².